The van der Waals surface area contributed by atoms with Crippen LogP contribution < -0.4 is 9.67 Å². The number of imide groups is 1. The van der Waals surface area contributed by atoms with Gasteiger partial charge >= 0.3 is 5.91 Å². The second kappa shape index (κ2) is 8.89. The number of hydrogen-bond donors (Lipinski definition) is 0. The minimum atomic E-state index is -0.513. The zero-order valence-electron chi connectivity index (χ0n) is 19.5. The molecule has 1 aliphatic heterocycles. The summed E-state index contributed by atoms with van der Waals surface area (Å²) in [6.07, 6.45) is 3.90. The topological polar surface area (TPSA) is 82.1 Å². The van der Waals surface area contributed by atoms with Crippen LogP contribution in [0.2, 0.25) is 10.0 Å². The summed E-state index contributed by atoms with van der Waals surface area (Å²) >= 11 is 12.2. The molecule has 0 saturated heterocycles. The zero-order valence-corrected chi connectivity index (χ0v) is 21.0. The molecule has 0 unspecified atom stereocenters. The van der Waals surface area contributed by atoms with Crippen LogP contribution in [0.3, 0.4) is 0 Å². The SMILES string of the molecule is CCc1nn(-c2ccc(Cl)c(Cl)c2)c([O-])c1C1=C([n+]2ccc(C)c(C)c2)C(=O)N(C(C)C)C1=O. The smallest absolute Gasteiger partial charge is 0.327 e. The molecule has 0 spiro atoms. The van der Waals surface area contributed by atoms with E-state index in [0.717, 1.165) is 11.1 Å². The number of carbonyl (C=O) groups excluding carboxylic acids is 2. The summed E-state index contributed by atoms with van der Waals surface area (Å²) in [5, 5.41) is 18.8. The maximum atomic E-state index is 13.7. The average Bonchev–Trinajstić information content (AvgIpc) is 3.24. The summed E-state index contributed by atoms with van der Waals surface area (Å²) in [5.41, 5.74) is 3.14. The third-order valence-electron chi connectivity index (χ3n) is 5.95. The molecule has 0 bridgehead atoms. The molecule has 2 amide bonds. The Morgan fingerprint density at radius 1 is 1.06 bits per heavy atom. The highest BCUT2D eigenvalue weighted by molar-refractivity contribution is 6.45. The Kier molecular flexibility index (Phi) is 6.27. The van der Waals surface area contributed by atoms with Crippen molar-refractivity contribution < 1.29 is 19.3 Å². The number of rotatable bonds is 5. The maximum absolute atomic E-state index is 13.7. The molecule has 1 aromatic carbocycles. The fourth-order valence-electron chi connectivity index (χ4n) is 4.02. The molecule has 3 aromatic rings. The molecule has 0 radical (unpaired) electrons. The highest BCUT2D eigenvalue weighted by atomic mass is 35.5. The molecule has 0 atom stereocenters. The van der Waals surface area contributed by atoms with E-state index in [9.17, 15) is 14.7 Å². The number of hydrogen-bond acceptors (Lipinski definition) is 4. The largest absolute Gasteiger partial charge is 0.858 e. The van der Waals surface area contributed by atoms with E-state index in [2.05, 4.69) is 5.10 Å². The number of carbonyl (C=O) groups is 2. The Morgan fingerprint density at radius 3 is 2.35 bits per heavy atom. The molecule has 9 heteroatoms. The quantitative estimate of drug-likeness (QED) is 0.394. The van der Waals surface area contributed by atoms with Gasteiger partial charge in [0.2, 0.25) is 0 Å². The standard InChI is InChI=1S/C25H24Cl2N4O3/c1-6-19-20(24(33)31(28-19)16-7-8-17(26)18(27)11-16)21-22(25(34)30(13(2)3)23(21)32)29-10-9-14(4)15(5)12-29/h7-13H,6H2,1-5H3. The van der Waals surface area contributed by atoms with Gasteiger partial charge in [-0.1, -0.05) is 30.1 Å². The van der Waals surface area contributed by atoms with Crippen molar-refractivity contribution in [2.24, 2.45) is 0 Å². The molecular formula is C25H24Cl2N4O3. The first kappa shape index (κ1) is 24.0. The third-order valence-corrected chi connectivity index (χ3v) is 6.69. The molecule has 1 aliphatic rings. The number of aromatic nitrogens is 3. The Balaban J connectivity index is 2.02. The predicted molar refractivity (Wildman–Crippen MR) is 129 cm³/mol. The molecule has 0 aliphatic carbocycles. The van der Waals surface area contributed by atoms with E-state index in [0.29, 0.717) is 22.8 Å². The van der Waals surface area contributed by atoms with Gasteiger partial charge in [0.05, 0.1) is 21.4 Å². The van der Waals surface area contributed by atoms with Crippen molar-refractivity contribution >= 4 is 46.3 Å². The van der Waals surface area contributed by atoms with E-state index in [4.69, 9.17) is 23.2 Å². The van der Waals surface area contributed by atoms with Crippen molar-refractivity contribution in [3.05, 3.63) is 69.1 Å². The molecule has 4 rings (SSSR count). The van der Waals surface area contributed by atoms with Crippen LogP contribution in [0.1, 0.15) is 43.2 Å². The lowest BCUT2D eigenvalue weighted by atomic mass is 10.0. The molecular weight excluding hydrogens is 475 g/mol. The Labute approximate surface area is 207 Å². The highest BCUT2D eigenvalue weighted by Gasteiger charge is 2.47. The highest BCUT2D eigenvalue weighted by Crippen LogP contribution is 2.38. The first-order valence-corrected chi connectivity index (χ1v) is 11.7. The normalized spacial score (nSPS) is 14.2. The van der Waals surface area contributed by atoms with Crippen LogP contribution in [0.25, 0.3) is 17.0 Å². The van der Waals surface area contributed by atoms with Crippen LogP contribution in [0, 0.1) is 13.8 Å². The fraction of sp³-hybridized carbons (Fsp3) is 0.280. The van der Waals surface area contributed by atoms with E-state index >= 15 is 0 Å². The molecule has 3 heterocycles. The summed E-state index contributed by atoms with van der Waals surface area (Å²) in [6, 6.07) is 6.22. The van der Waals surface area contributed by atoms with Crippen molar-refractivity contribution in [2.45, 2.75) is 47.1 Å². The van der Waals surface area contributed by atoms with Crippen LogP contribution >= 0.6 is 23.2 Å². The van der Waals surface area contributed by atoms with Crippen molar-refractivity contribution in [1.29, 1.82) is 0 Å². The minimum absolute atomic E-state index is 0.0557. The third kappa shape index (κ3) is 3.79. The summed E-state index contributed by atoms with van der Waals surface area (Å²) in [4.78, 5) is 28.2. The predicted octanol–water partition coefficient (Wildman–Crippen LogP) is 3.86. The number of halogens is 2. The first-order valence-electron chi connectivity index (χ1n) is 10.9. The van der Waals surface area contributed by atoms with E-state index in [1.54, 1.807) is 42.9 Å². The van der Waals surface area contributed by atoms with Crippen molar-refractivity contribution in [2.75, 3.05) is 0 Å². The van der Waals surface area contributed by atoms with Crippen LogP contribution in [-0.2, 0) is 16.0 Å². The van der Waals surface area contributed by atoms with E-state index < -0.39 is 17.7 Å². The molecule has 176 valence electrons. The summed E-state index contributed by atoms with van der Waals surface area (Å²) in [6.45, 7) is 9.25. The monoisotopic (exact) mass is 498 g/mol. The second-order valence-electron chi connectivity index (χ2n) is 8.51. The van der Waals surface area contributed by atoms with Gasteiger partial charge in [-0.2, -0.15) is 9.67 Å². The molecule has 7 nitrogen and oxygen atoms in total. The van der Waals surface area contributed by atoms with Gasteiger partial charge in [0.15, 0.2) is 12.4 Å². The molecule has 0 N–H and O–H groups in total. The fourth-order valence-corrected chi connectivity index (χ4v) is 4.31. The van der Waals surface area contributed by atoms with Crippen LogP contribution in [0.5, 0.6) is 5.88 Å². The lowest BCUT2D eigenvalue weighted by Crippen LogP contribution is -2.42. The van der Waals surface area contributed by atoms with Crippen molar-refractivity contribution in [3.63, 3.8) is 0 Å². The van der Waals surface area contributed by atoms with E-state index in [1.165, 1.54) is 15.6 Å². The van der Waals surface area contributed by atoms with Crippen LogP contribution in [-0.4, -0.2) is 32.5 Å². The summed E-state index contributed by atoms with van der Waals surface area (Å²) in [7, 11) is 0. The van der Waals surface area contributed by atoms with Gasteiger partial charge in [-0.05, 0) is 63.8 Å². The lowest BCUT2D eigenvalue weighted by Gasteiger charge is -2.18. The Morgan fingerprint density at radius 2 is 1.76 bits per heavy atom. The average molecular weight is 499 g/mol. The molecule has 0 fully saturated rings. The number of aryl methyl sites for hydroxylation is 3. The van der Waals surface area contributed by atoms with E-state index in [1.807, 2.05) is 26.8 Å². The summed E-state index contributed by atoms with van der Waals surface area (Å²) in [5.74, 6) is -1.47. The number of benzene rings is 1. The van der Waals surface area contributed by atoms with Gasteiger partial charge in [-0.3, -0.25) is 14.5 Å². The molecule has 0 saturated carbocycles. The molecule has 34 heavy (non-hydrogen) atoms. The van der Waals surface area contributed by atoms with E-state index in [-0.39, 0.29) is 27.9 Å². The Hall–Kier alpha value is -3.16. The van der Waals surface area contributed by atoms with Gasteiger partial charge in [-0.25, -0.2) is 4.68 Å². The van der Waals surface area contributed by atoms with Crippen LogP contribution in [0.15, 0.2) is 36.7 Å². The number of pyridine rings is 1. The minimum Gasteiger partial charge on any atom is -0.858 e. The number of amides is 2. The van der Waals surface area contributed by atoms with Crippen molar-refractivity contribution in [3.8, 4) is 11.6 Å². The Bertz CT molecular complexity index is 1370. The lowest BCUT2D eigenvalue weighted by molar-refractivity contribution is -0.577. The molecule has 2 aromatic heterocycles. The maximum Gasteiger partial charge on any atom is 0.327 e. The van der Waals surface area contributed by atoms with Gasteiger partial charge in [-0.15, -0.1) is 0 Å². The number of nitrogens with zero attached hydrogens (tertiary/aromatic N) is 4. The van der Waals surface area contributed by atoms with Gasteiger partial charge in [0.1, 0.15) is 5.57 Å². The zero-order chi connectivity index (χ0) is 24.9. The van der Waals surface area contributed by atoms with Crippen molar-refractivity contribution in [1.82, 2.24) is 14.7 Å². The van der Waals surface area contributed by atoms with Gasteiger partial charge < -0.3 is 5.11 Å². The van der Waals surface area contributed by atoms with Gasteiger partial charge in [0, 0.05) is 23.2 Å². The van der Waals surface area contributed by atoms with Crippen LogP contribution in [0.4, 0.5) is 0 Å². The van der Waals surface area contributed by atoms with Gasteiger partial charge in [0.25, 0.3) is 11.6 Å². The first-order chi connectivity index (χ1) is 16.1. The summed E-state index contributed by atoms with van der Waals surface area (Å²) < 4.78 is 2.82. The second-order valence-corrected chi connectivity index (χ2v) is 9.32.